The molecule has 4 aromatic carbocycles. The van der Waals surface area contributed by atoms with Gasteiger partial charge in [0.25, 0.3) is 0 Å². The van der Waals surface area contributed by atoms with E-state index in [1.165, 1.54) is 189 Å². The van der Waals surface area contributed by atoms with Crippen LogP contribution in [0.3, 0.4) is 0 Å². The third-order valence-corrected chi connectivity index (χ3v) is 20.3. The molecule has 0 radical (unpaired) electrons. The average molecular weight is 1390 g/mol. The first-order valence-corrected chi connectivity index (χ1v) is 40.6. The van der Waals surface area contributed by atoms with E-state index in [1.807, 2.05) is 49.4 Å². The fraction of sp³-hybridized carbons (Fsp3) is 0.663. The van der Waals surface area contributed by atoms with Crippen LogP contribution in [-0.4, -0.2) is 27.8 Å². The topological polar surface area (TPSA) is 140 Å². The molecule has 9 heteroatoms. The zero-order valence-corrected chi connectivity index (χ0v) is 64.5. The minimum atomic E-state index is -0.410. The Morgan fingerprint density at radius 1 is 0.327 bits per heavy atom. The second kappa shape index (κ2) is 53.8. The first-order chi connectivity index (χ1) is 47.3. The second-order valence-electron chi connectivity index (χ2n) is 29.0. The van der Waals surface area contributed by atoms with Crippen LogP contribution in [0.1, 0.15) is 433 Å². The monoisotopic (exact) mass is 1390 g/mol. The normalized spacial score (nSPS) is 12.2. The molecule has 1 heterocycles. The molecule has 5 rings (SSSR count). The standard InChI is InChI=1S/C73H118N2O4.C16H20O2.Ni/c1-7-13-19-23-27-31-35-39-44-50-68(76)62-56-54-60(58-66(62)70(78)52-46-41-37-33-29-25-21-15-9-3)72-64(48-18-12-6)65(49-43-17-11-5)73(75(72)74)61-55-57-63(69(77)51-45-40-36-32-28-24-20-14-8-2)67(59-61)71(79)53-47-42-38-34-30-26-22-16-10-4;1-3-4-5-6-12-7-11(2)8-13-9-15(17)16(18)10-14(12)13;/h54-59H,7-53H2,1-6H3;7-10,17-18H,3-6H2,1-2H3;/p-2. The molecule has 0 unspecified atom stereocenters. The summed E-state index contributed by atoms with van der Waals surface area (Å²) in [6.07, 6.45) is 54.7. The molecule has 0 aromatic heterocycles. The summed E-state index contributed by atoms with van der Waals surface area (Å²) in [7, 11) is 0. The van der Waals surface area contributed by atoms with Crippen molar-refractivity contribution in [1.29, 1.82) is 0 Å². The Labute approximate surface area is 608 Å². The van der Waals surface area contributed by atoms with Crippen molar-refractivity contribution in [2.45, 2.75) is 383 Å². The summed E-state index contributed by atoms with van der Waals surface area (Å²) in [6.45, 7) is 17.6. The van der Waals surface area contributed by atoms with Crippen molar-refractivity contribution in [1.82, 2.24) is 0 Å². The van der Waals surface area contributed by atoms with E-state index in [0.717, 1.165) is 173 Å². The van der Waals surface area contributed by atoms with Gasteiger partial charge in [-0.1, -0.05) is 316 Å². The molecule has 0 N–H and O–H groups in total. The molecule has 1 aliphatic rings. The van der Waals surface area contributed by atoms with Crippen LogP contribution in [0.25, 0.3) is 27.7 Å². The van der Waals surface area contributed by atoms with E-state index in [2.05, 4.69) is 54.5 Å². The molecule has 98 heavy (non-hydrogen) atoms. The minimum Gasteiger partial charge on any atom is -0.873 e. The van der Waals surface area contributed by atoms with Crippen LogP contribution in [0.5, 0.6) is 11.5 Å². The Balaban J connectivity index is 0.00000113. The van der Waals surface area contributed by atoms with Gasteiger partial charge in [-0.3, -0.25) is 19.2 Å². The number of nitrogens with zero attached hydrogens (tertiary/aromatic N) is 2. The molecule has 0 atom stereocenters. The van der Waals surface area contributed by atoms with Gasteiger partial charge in [0.1, 0.15) is 0 Å². The Morgan fingerprint density at radius 3 is 0.959 bits per heavy atom. The number of hydrogen-bond donors (Lipinski definition) is 0. The van der Waals surface area contributed by atoms with Gasteiger partial charge in [-0.15, -0.1) is 11.5 Å². The van der Waals surface area contributed by atoms with Crippen LogP contribution in [0.4, 0.5) is 0 Å². The Bertz CT molecular complexity index is 3000. The van der Waals surface area contributed by atoms with Crippen molar-refractivity contribution in [3.05, 3.63) is 122 Å². The number of fused-ring (bicyclic) bond motifs is 1. The van der Waals surface area contributed by atoms with Crippen LogP contribution in [-0.2, 0) is 22.9 Å². The van der Waals surface area contributed by atoms with E-state index >= 15 is 0 Å². The molecular weight excluding hydrogens is 1250 g/mol. The van der Waals surface area contributed by atoms with Crippen molar-refractivity contribution < 1.29 is 50.6 Å². The van der Waals surface area contributed by atoms with Gasteiger partial charge in [0, 0.05) is 86.7 Å². The molecule has 0 amide bonds. The SMILES string of the molecule is CCCCCCCCCCCC(=O)c1ccc(C2=C(CCCC)C(CCCCC)=C(c3ccc(C(=O)CCCCCCCCCCC)c(C(=O)CCCCCCCCCCC)c3)[N+]2=[N-])cc1C(=O)CCCCCCCCCCC.CCCCCc1cc(C)cc2cc([O-])c([O-])cc12.[Ni]. The number of unbranched alkanes of at least 4 members (excludes halogenated alkanes) is 37. The quantitative estimate of drug-likeness (QED) is 0.0187. The van der Waals surface area contributed by atoms with Crippen LogP contribution < -0.4 is 10.2 Å². The number of benzene rings is 4. The number of aryl methyl sites for hydroxylation is 2. The molecule has 4 aromatic rings. The summed E-state index contributed by atoms with van der Waals surface area (Å²) in [4.78, 5) is 57.5. The molecule has 0 saturated heterocycles. The summed E-state index contributed by atoms with van der Waals surface area (Å²) in [6, 6.07) is 18.6. The smallest absolute Gasteiger partial charge is 0.211 e. The molecule has 1 aliphatic heterocycles. The van der Waals surface area contributed by atoms with Crippen LogP contribution in [0.15, 0.2) is 71.8 Å². The van der Waals surface area contributed by atoms with E-state index in [1.54, 1.807) is 0 Å². The van der Waals surface area contributed by atoms with Gasteiger partial charge < -0.3 is 15.7 Å². The molecule has 0 aliphatic carbocycles. The van der Waals surface area contributed by atoms with Crippen molar-refractivity contribution in [2.24, 2.45) is 0 Å². The van der Waals surface area contributed by atoms with Crippen molar-refractivity contribution >= 4 is 45.3 Å². The van der Waals surface area contributed by atoms with E-state index in [4.69, 9.17) is 0 Å². The Kier molecular flexibility index (Phi) is 47.9. The molecule has 550 valence electrons. The summed E-state index contributed by atoms with van der Waals surface area (Å²) in [5.74, 6) is -0.733. The molecule has 0 bridgehead atoms. The first kappa shape index (κ1) is 87.2. The van der Waals surface area contributed by atoms with E-state index < -0.39 is 11.5 Å². The zero-order chi connectivity index (χ0) is 70.3. The fourth-order valence-electron chi connectivity index (χ4n) is 14.3. The predicted molar refractivity (Wildman–Crippen MR) is 410 cm³/mol. The number of Topliss-reactive ketones (excluding diaryl/α,β-unsaturated/α-hetero) is 4. The summed E-state index contributed by atoms with van der Waals surface area (Å²) in [5.41, 5.74) is 22.1. The molecule has 0 spiro atoms. The fourth-order valence-corrected chi connectivity index (χ4v) is 14.3. The molecule has 0 saturated carbocycles. The van der Waals surface area contributed by atoms with E-state index in [0.29, 0.717) is 59.3 Å². The second-order valence-corrected chi connectivity index (χ2v) is 29.0. The van der Waals surface area contributed by atoms with Crippen molar-refractivity contribution in [2.75, 3.05) is 0 Å². The largest absolute Gasteiger partial charge is 0.873 e. The third kappa shape index (κ3) is 32.3. The van der Waals surface area contributed by atoms with Crippen LogP contribution in [0, 0.1) is 6.92 Å². The Morgan fingerprint density at radius 2 is 0.612 bits per heavy atom. The maximum atomic E-state index is 14.5. The van der Waals surface area contributed by atoms with Gasteiger partial charge in [0.15, 0.2) is 23.1 Å². The van der Waals surface area contributed by atoms with Crippen LogP contribution in [0.2, 0.25) is 0 Å². The van der Waals surface area contributed by atoms with Gasteiger partial charge in [-0.25, -0.2) is 4.70 Å². The molecule has 0 fully saturated rings. The van der Waals surface area contributed by atoms with Gasteiger partial charge in [0.05, 0.1) is 0 Å². The third-order valence-electron chi connectivity index (χ3n) is 20.3. The van der Waals surface area contributed by atoms with E-state index in [9.17, 15) is 34.9 Å². The van der Waals surface area contributed by atoms with Crippen molar-refractivity contribution in [3.63, 3.8) is 0 Å². The first-order valence-electron chi connectivity index (χ1n) is 40.6. The average Bonchev–Trinajstić information content (AvgIpc) is 1.58. The maximum Gasteiger partial charge on any atom is 0.211 e. The zero-order valence-electron chi connectivity index (χ0n) is 63.5. The molecule has 8 nitrogen and oxygen atoms in total. The van der Waals surface area contributed by atoms with Crippen molar-refractivity contribution in [3.8, 4) is 11.5 Å². The number of carbonyl (C=O) groups excluding carboxylic acids is 4. The van der Waals surface area contributed by atoms with Gasteiger partial charge in [-0.05, 0) is 124 Å². The minimum absolute atomic E-state index is 0. The summed E-state index contributed by atoms with van der Waals surface area (Å²) < 4.78 is 1.34. The number of carbonyl (C=O) groups is 4. The van der Waals surface area contributed by atoms with Crippen LogP contribution >= 0.6 is 0 Å². The van der Waals surface area contributed by atoms with Gasteiger partial charge >= 0.3 is 0 Å². The Hall–Kier alpha value is -5.01. The van der Waals surface area contributed by atoms with Gasteiger partial charge in [0.2, 0.25) is 11.4 Å². The van der Waals surface area contributed by atoms with Gasteiger partial charge in [-0.2, -0.15) is 0 Å². The predicted octanol–water partition coefficient (Wildman–Crippen LogP) is 27.1. The summed E-state index contributed by atoms with van der Waals surface area (Å²) >= 11 is 0. The summed E-state index contributed by atoms with van der Waals surface area (Å²) in [5, 5.41) is 24.7. The van der Waals surface area contributed by atoms with E-state index in [-0.39, 0.29) is 39.6 Å². The number of hydrogen-bond acceptors (Lipinski definition) is 6. The number of ketones is 4. The molecular formula is C89H136N2NiO6-2. The maximum absolute atomic E-state index is 14.5. The number of rotatable bonds is 57. The number of allylic oxidation sites excluding steroid dienone is 2.